The molecule has 1 aliphatic heterocycles. The number of halogens is 4. The Morgan fingerprint density at radius 3 is 2.40 bits per heavy atom. The van der Waals surface area contributed by atoms with E-state index < -0.39 is 23.7 Å². The van der Waals surface area contributed by atoms with Crippen LogP contribution in [0.4, 0.5) is 29.1 Å². The number of alkyl halides is 3. The molecule has 1 saturated heterocycles. The average Bonchev–Trinajstić information content (AvgIpc) is 2.93. The number of pyridine rings is 3. The van der Waals surface area contributed by atoms with Crippen molar-refractivity contribution in [2.45, 2.75) is 38.1 Å². The zero-order chi connectivity index (χ0) is 28.8. The highest BCUT2D eigenvalue weighted by atomic mass is 19.4. The molecule has 40 heavy (non-hydrogen) atoms. The van der Waals surface area contributed by atoms with Crippen molar-refractivity contribution in [1.29, 1.82) is 0 Å². The van der Waals surface area contributed by atoms with Gasteiger partial charge in [-0.05, 0) is 55.8 Å². The van der Waals surface area contributed by atoms with E-state index in [4.69, 9.17) is 6.57 Å². The van der Waals surface area contributed by atoms with Crippen LogP contribution in [0, 0.1) is 12.4 Å². The number of fused-ring (bicyclic) bond motifs is 1. The molecule has 206 valence electrons. The van der Waals surface area contributed by atoms with Crippen molar-refractivity contribution in [3.8, 4) is 0 Å². The van der Waals surface area contributed by atoms with Crippen LogP contribution in [0.2, 0.25) is 0 Å². The van der Waals surface area contributed by atoms with Crippen LogP contribution >= 0.6 is 0 Å². The summed E-state index contributed by atoms with van der Waals surface area (Å²) in [7, 11) is 1.65. The Labute approximate surface area is 228 Å². The fraction of sp³-hybridized carbons (Fsp3) is 0.310. The molecule has 0 amide bonds. The van der Waals surface area contributed by atoms with E-state index in [1.807, 2.05) is 18.7 Å². The first-order valence-electron chi connectivity index (χ1n) is 12.7. The molecule has 0 saturated carbocycles. The van der Waals surface area contributed by atoms with Crippen LogP contribution in [0.3, 0.4) is 0 Å². The van der Waals surface area contributed by atoms with Gasteiger partial charge in [0.05, 0.1) is 22.9 Å². The molecule has 0 spiro atoms. The van der Waals surface area contributed by atoms with Crippen LogP contribution in [0.5, 0.6) is 0 Å². The summed E-state index contributed by atoms with van der Waals surface area (Å²) in [5.74, 6) is -0.242. The van der Waals surface area contributed by atoms with Crippen LogP contribution < -0.4 is 10.5 Å². The van der Waals surface area contributed by atoms with Gasteiger partial charge in [0.1, 0.15) is 11.5 Å². The summed E-state index contributed by atoms with van der Waals surface area (Å²) in [6.07, 6.45) is -4.61. The van der Waals surface area contributed by atoms with Crippen molar-refractivity contribution in [3.63, 3.8) is 0 Å². The van der Waals surface area contributed by atoms with E-state index in [0.29, 0.717) is 35.4 Å². The minimum Gasteiger partial charge on any atom is -0.362 e. The molecule has 5 rings (SSSR count). The number of hydrogen-bond donors (Lipinski definition) is 0. The van der Waals surface area contributed by atoms with Crippen molar-refractivity contribution in [1.82, 2.24) is 19.4 Å². The molecule has 0 aliphatic carbocycles. The van der Waals surface area contributed by atoms with Crippen LogP contribution in [-0.2, 0) is 13.2 Å². The molecular weight excluding hydrogens is 524 g/mol. The second kappa shape index (κ2) is 10.4. The first kappa shape index (κ1) is 27.3. The van der Waals surface area contributed by atoms with Gasteiger partial charge in [-0.1, -0.05) is 24.8 Å². The lowest BCUT2D eigenvalue weighted by Gasteiger charge is -2.48. The molecule has 0 bridgehead atoms. The van der Waals surface area contributed by atoms with E-state index in [9.17, 15) is 22.4 Å². The van der Waals surface area contributed by atoms with Crippen molar-refractivity contribution in [3.05, 3.63) is 105 Å². The third kappa shape index (κ3) is 5.02. The molecule has 1 fully saturated rings. The summed E-state index contributed by atoms with van der Waals surface area (Å²) in [5, 5.41) is 0. The first-order valence-corrected chi connectivity index (χ1v) is 12.7. The van der Waals surface area contributed by atoms with Gasteiger partial charge < -0.3 is 14.3 Å². The van der Waals surface area contributed by atoms with Gasteiger partial charge in [-0.25, -0.2) is 9.37 Å². The molecule has 1 aromatic carbocycles. The van der Waals surface area contributed by atoms with Gasteiger partial charge >= 0.3 is 6.18 Å². The minimum atomic E-state index is -4.61. The standard InChI is InChI=1S/C29H26F4N6O/c1-17-16-39(28(19-8-10-20(30)11-9-19)21-6-5-7-24(35-21)29(31,32)33)18(2)15-38(17)23-14-26(40)37(4)22-12-13-25(34-3)36-27(22)23/h5-14,17-18,28H,15-16H2,1-2,4H3/t17-,18+,28?/m0/s1. The Hall–Kier alpha value is -4.30. The SMILES string of the molecule is [C-]#[N+]c1ccc2c(n1)c(N1C[C@@H](C)N(C(c3ccc(F)cc3)c3cccc(C(F)(F)F)n3)C[C@@H]1C)cc(=O)n2C. The van der Waals surface area contributed by atoms with E-state index in [-0.39, 0.29) is 29.2 Å². The second-order valence-corrected chi connectivity index (χ2v) is 10.0. The maximum atomic E-state index is 13.8. The Morgan fingerprint density at radius 2 is 1.73 bits per heavy atom. The third-order valence-electron chi connectivity index (χ3n) is 7.37. The van der Waals surface area contributed by atoms with Crippen molar-refractivity contribution in [2.24, 2.45) is 7.05 Å². The molecule has 0 N–H and O–H groups in total. The Bertz CT molecular complexity index is 1660. The number of nitrogens with zero attached hydrogens (tertiary/aromatic N) is 6. The molecular formula is C29H26F4N6O. The van der Waals surface area contributed by atoms with Gasteiger partial charge in [-0.15, -0.1) is 4.98 Å². The minimum absolute atomic E-state index is 0.196. The summed E-state index contributed by atoms with van der Waals surface area (Å²) >= 11 is 0. The highest BCUT2D eigenvalue weighted by Gasteiger charge is 2.38. The van der Waals surface area contributed by atoms with Gasteiger partial charge in [0.2, 0.25) is 5.52 Å². The molecule has 7 nitrogen and oxygen atoms in total. The highest BCUT2D eigenvalue weighted by Crippen LogP contribution is 2.37. The summed E-state index contributed by atoms with van der Waals surface area (Å²) in [4.78, 5) is 28.8. The molecule has 1 unspecified atom stereocenters. The van der Waals surface area contributed by atoms with Crippen molar-refractivity contribution in [2.75, 3.05) is 18.0 Å². The summed E-state index contributed by atoms with van der Waals surface area (Å²) < 4.78 is 56.0. The second-order valence-electron chi connectivity index (χ2n) is 10.0. The molecule has 3 aromatic heterocycles. The topological polar surface area (TPSA) is 58.6 Å². The summed E-state index contributed by atoms with van der Waals surface area (Å²) in [5.41, 5.74) is 1.31. The average molecular weight is 551 g/mol. The lowest BCUT2D eigenvalue weighted by atomic mass is 9.96. The first-order chi connectivity index (χ1) is 19.0. The fourth-order valence-corrected chi connectivity index (χ4v) is 5.37. The molecule has 1 aliphatic rings. The molecule has 4 heterocycles. The summed E-state index contributed by atoms with van der Waals surface area (Å²) in [6.45, 7) is 12.1. The van der Waals surface area contributed by atoms with Gasteiger partial charge in [0, 0.05) is 38.3 Å². The number of aromatic nitrogens is 3. The van der Waals surface area contributed by atoms with Gasteiger partial charge in [-0.2, -0.15) is 13.2 Å². The number of benzene rings is 1. The third-order valence-corrected chi connectivity index (χ3v) is 7.37. The van der Waals surface area contributed by atoms with E-state index in [1.165, 1.54) is 28.8 Å². The smallest absolute Gasteiger partial charge is 0.362 e. The van der Waals surface area contributed by atoms with E-state index in [0.717, 1.165) is 6.07 Å². The fourth-order valence-electron chi connectivity index (χ4n) is 5.37. The Kier molecular flexibility index (Phi) is 7.06. The maximum absolute atomic E-state index is 13.8. The molecule has 3 atom stereocenters. The highest BCUT2D eigenvalue weighted by molar-refractivity contribution is 5.89. The largest absolute Gasteiger partial charge is 0.433 e. The van der Waals surface area contributed by atoms with E-state index >= 15 is 0 Å². The quantitative estimate of drug-likeness (QED) is 0.240. The maximum Gasteiger partial charge on any atom is 0.433 e. The van der Waals surface area contributed by atoms with Crippen LogP contribution in [-0.4, -0.2) is 44.6 Å². The monoisotopic (exact) mass is 550 g/mol. The van der Waals surface area contributed by atoms with E-state index in [1.54, 1.807) is 37.4 Å². The van der Waals surface area contributed by atoms with Crippen LogP contribution in [0.1, 0.15) is 36.8 Å². The predicted molar refractivity (Wildman–Crippen MR) is 144 cm³/mol. The number of rotatable bonds is 4. The zero-order valence-electron chi connectivity index (χ0n) is 22.0. The van der Waals surface area contributed by atoms with Gasteiger partial charge in [0.15, 0.2) is 0 Å². The lowest BCUT2D eigenvalue weighted by Crippen LogP contribution is -2.57. The van der Waals surface area contributed by atoms with E-state index in [2.05, 4.69) is 19.7 Å². The Balaban J connectivity index is 1.57. The molecule has 4 aromatic rings. The van der Waals surface area contributed by atoms with Crippen LogP contribution in [0.15, 0.2) is 65.5 Å². The number of anilines is 1. The van der Waals surface area contributed by atoms with Crippen molar-refractivity contribution >= 4 is 22.5 Å². The number of piperazine rings is 1. The molecule has 11 heteroatoms. The number of aryl methyl sites for hydroxylation is 1. The Morgan fingerprint density at radius 1 is 1.00 bits per heavy atom. The van der Waals surface area contributed by atoms with Crippen LogP contribution in [0.25, 0.3) is 15.9 Å². The lowest BCUT2D eigenvalue weighted by molar-refractivity contribution is -0.141. The van der Waals surface area contributed by atoms with Gasteiger partial charge in [-0.3, -0.25) is 9.69 Å². The molecule has 0 radical (unpaired) electrons. The normalized spacial score (nSPS) is 19.0. The number of hydrogen-bond acceptors (Lipinski definition) is 5. The predicted octanol–water partition coefficient (Wildman–Crippen LogP) is 5.73. The summed E-state index contributed by atoms with van der Waals surface area (Å²) in [6, 6.07) is 13.2. The zero-order valence-corrected chi connectivity index (χ0v) is 22.0. The van der Waals surface area contributed by atoms with Crippen molar-refractivity contribution < 1.29 is 17.6 Å². The van der Waals surface area contributed by atoms with Gasteiger partial charge in [0.25, 0.3) is 11.4 Å².